The standard InChI is InChI=1S/C24H29N3O7S/c1-27(2)17-13-6-9-5-12-10(7-25)4-11(8-35-3)18(28)15(12)19(29)14(9)21(31)24(13,34)22(32)16(20(17)30)23(26)33/h4,9,13-14,16-17,28,34H,5-8,25H2,1-3H3,(H2,26,33). The summed E-state index contributed by atoms with van der Waals surface area (Å²) in [6, 6.07) is 0.635. The molecule has 0 aliphatic heterocycles. The second-order valence-electron chi connectivity index (χ2n) is 9.82. The average Bonchev–Trinajstić information content (AvgIpc) is 2.77. The van der Waals surface area contributed by atoms with Gasteiger partial charge >= 0.3 is 0 Å². The Morgan fingerprint density at radius 2 is 1.86 bits per heavy atom. The van der Waals surface area contributed by atoms with Crippen molar-refractivity contribution in [1.82, 2.24) is 4.90 Å². The minimum Gasteiger partial charge on any atom is -0.507 e. The minimum atomic E-state index is -2.72. The monoisotopic (exact) mass is 503 g/mol. The third kappa shape index (κ3) is 3.47. The highest BCUT2D eigenvalue weighted by Crippen LogP contribution is 2.51. The summed E-state index contributed by atoms with van der Waals surface area (Å²) < 4.78 is 0. The van der Waals surface area contributed by atoms with Gasteiger partial charge in [-0.15, -0.1) is 0 Å². The van der Waals surface area contributed by atoms with Crippen molar-refractivity contribution in [3.63, 3.8) is 0 Å². The summed E-state index contributed by atoms with van der Waals surface area (Å²) in [4.78, 5) is 67.3. The summed E-state index contributed by atoms with van der Waals surface area (Å²) in [6.45, 7) is 0.119. The maximum Gasteiger partial charge on any atom is 0.235 e. The zero-order valence-electron chi connectivity index (χ0n) is 19.7. The van der Waals surface area contributed by atoms with Crippen molar-refractivity contribution in [2.75, 3.05) is 20.4 Å². The van der Waals surface area contributed by atoms with Gasteiger partial charge in [-0.05, 0) is 56.3 Å². The van der Waals surface area contributed by atoms with Gasteiger partial charge in [0.05, 0.1) is 17.5 Å². The fourth-order valence-electron chi connectivity index (χ4n) is 6.26. The molecule has 10 nitrogen and oxygen atoms in total. The number of nitrogens with two attached hydrogens (primary N) is 2. The molecule has 0 bridgehead atoms. The number of benzene rings is 1. The van der Waals surface area contributed by atoms with Gasteiger partial charge in [-0.2, -0.15) is 11.8 Å². The molecular formula is C24H29N3O7S. The van der Waals surface area contributed by atoms with Crippen LogP contribution in [0.25, 0.3) is 0 Å². The van der Waals surface area contributed by atoms with Crippen molar-refractivity contribution in [3.8, 4) is 5.75 Å². The predicted octanol–water partition coefficient (Wildman–Crippen LogP) is -0.811. The van der Waals surface area contributed by atoms with Crippen LogP contribution in [0.2, 0.25) is 0 Å². The van der Waals surface area contributed by atoms with Gasteiger partial charge in [0.2, 0.25) is 5.91 Å². The van der Waals surface area contributed by atoms with Crippen LogP contribution in [-0.4, -0.2) is 76.1 Å². The van der Waals surface area contributed by atoms with Crippen molar-refractivity contribution < 1.29 is 34.2 Å². The first-order chi connectivity index (χ1) is 16.4. The molecule has 4 rings (SSSR count). The number of hydrogen-bond donors (Lipinski definition) is 4. The summed E-state index contributed by atoms with van der Waals surface area (Å²) in [5.74, 6) is -10.00. The molecule has 35 heavy (non-hydrogen) atoms. The first-order valence-corrected chi connectivity index (χ1v) is 12.7. The summed E-state index contributed by atoms with van der Waals surface area (Å²) >= 11 is 1.44. The SMILES string of the molecule is CSCc1cc(CN)c2c(c1O)C(=O)C1C(=O)C3(O)C(=O)C(C(N)=O)C(=O)C(N(C)C)C3CC1C2. The second kappa shape index (κ2) is 8.81. The number of aromatic hydroxyl groups is 1. The molecule has 11 heteroatoms. The normalized spacial score (nSPS) is 32.3. The highest BCUT2D eigenvalue weighted by Gasteiger charge is 2.69. The van der Waals surface area contributed by atoms with Crippen LogP contribution in [0.1, 0.15) is 33.5 Å². The highest BCUT2D eigenvalue weighted by atomic mass is 32.2. The largest absolute Gasteiger partial charge is 0.507 e. The van der Waals surface area contributed by atoms with E-state index in [0.29, 0.717) is 22.4 Å². The van der Waals surface area contributed by atoms with Crippen LogP contribution >= 0.6 is 11.8 Å². The molecule has 6 N–H and O–H groups in total. The quantitative estimate of drug-likeness (QED) is 0.371. The fourth-order valence-corrected chi connectivity index (χ4v) is 6.79. The maximum atomic E-state index is 13.8. The van der Waals surface area contributed by atoms with Crippen LogP contribution in [0.15, 0.2) is 6.07 Å². The Hall–Kier alpha value is -2.60. The van der Waals surface area contributed by atoms with Gasteiger partial charge in [0.25, 0.3) is 0 Å². The zero-order valence-corrected chi connectivity index (χ0v) is 20.6. The lowest BCUT2D eigenvalue weighted by Crippen LogP contribution is -2.74. The molecule has 0 saturated heterocycles. The van der Waals surface area contributed by atoms with Crippen molar-refractivity contribution in [2.24, 2.45) is 35.1 Å². The Morgan fingerprint density at radius 1 is 1.20 bits per heavy atom. The molecular weight excluding hydrogens is 474 g/mol. The fraction of sp³-hybridized carbons (Fsp3) is 0.542. The van der Waals surface area contributed by atoms with Crippen LogP contribution < -0.4 is 11.5 Å². The van der Waals surface area contributed by atoms with Gasteiger partial charge in [0, 0.05) is 23.8 Å². The number of thioether (sulfide) groups is 1. The van der Waals surface area contributed by atoms with Gasteiger partial charge in [0.15, 0.2) is 34.7 Å². The Labute approximate surface area is 206 Å². The van der Waals surface area contributed by atoms with Crippen molar-refractivity contribution >= 4 is 40.8 Å². The Bertz CT molecular complexity index is 1170. The van der Waals surface area contributed by atoms with E-state index in [-0.39, 0.29) is 30.7 Å². The smallest absolute Gasteiger partial charge is 0.235 e. The van der Waals surface area contributed by atoms with E-state index in [2.05, 4.69) is 0 Å². The number of hydrogen-bond acceptors (Lipinski definition) is 10. The number of amides is 1. The molecule has 0 spiro atoms. The van der Waals surface area contributed by atoms with Gasteiger partial charge in [0.1, 0.15) is 5.75 Å². The maximum absolute atomic E-state index is 13.8. The summed E-state index contributed by atoms with van der Waals surface area (Å²) in [5, 5.41) is 22.5. The number of fused-ring (bicyclic) bond motifs is 3. The predicted molar refractivity (Wildman–Crippen MR) is 126 cm³/mol. The number of primary amides is 1. The van der Waals surface area contributed by atoms with Crippen LogP contribution in [0.5, 0.6) is 5.75 Å². The molecule has 6 atom stereocenters. The number of carbonyl (C=O) groups is 5. The number of phenolic OH excluding ortho intramolecular Hbond substituents is 1. The molecule has 0 aromatic heterocycles. The van der Waals surface area contributed by atoms with Crippen LogP contribution in [-0.2, 0) is 37.9 Å². The van der Waals surface area contributed by atoms with Crippen molar-refractivity contribution in [2.45, 2.75) is 36.8 Å². The van der Waals surface area contributed by atoms with Gasteiger partial charge < -0.3 is 21.7 Å². The number of carbonyl (C=O) groups excluding carboxylic acids is 5. The minimum absolute atomic E-state index is 0.0106. The van der Waals surface area contributed by atoms with E-state index < -0.39 is 64.4 Å². The molecule has 2 fully saturated rings. The molecule has 0 radical (unpaired) electrons. The van der Waals surface area contributed by atoms with E-state index in [1.807, 2.05) is 6.26 Å². The zero-order chi connectivity index (χ0) is 26.0. The number of nitrogens with zero attached hydrogens (tertiary/aromatic N) is 1. The molecule has 6 unspecified atom stereocenters. The Kier molecular flexibility index (Phi) is 6.41. The molecule has 1 aromatic carbocycles. The number of aliphatic hydroxyl groups is 1. The van der Waals surface area contributed by atoms with E-state index in [1.165, 1.54) is 16.7 Å². The lowest BCUT2D eigenvalue weighted by atomic mass is 9.52. The Balaban J connectivity index is 1.89. The number of likely N-dealkylation sites (N-methyl/N-ethyl adjacent to an activating group) is 1. The van der Waals surface area contributed by atoms with E-state index in [4.69, 9.17) is 11.5 Å². The summed E-state index contributed by atoms with van der Waals surface area (Å²) in [6.07, 6.45) is 2.07. The van der Waals surface area contributed by atoms with Gasteiger partial charge in [-0.3, -0.25) is 28.9 Å². The van der Waals surface area contributed by atoms with E-state index in [1.54, 1.807) is 20.2 Å². The molecule has 1 amide bonds. The van der Waals surface area contributed by atoms with E-state index in [9.17, 15) is 34.2 Å². The lowest BCUT2D eigenvalue weighted by molar-refractivity contribution is -0.181. The van der Waals surface area contributed by atoms with Gasteiger partial charge in [-0.1, -0.05) is 0 Å². The molecule has 188 valence electrons. The molecule has 1 aromatic rings. The van der Waals surface area contributed by atoms with Crippen molar-refractivity contribution in [3.05, 3.63) is 28.3 Å². The van der Waals surface area contributed by atoms with E-state index >= 15 is 0 Å². The van der Waals surface area contributed by atoms with Crippen LogP contribution in [0.3, 0.4) is 0 Å². The number of phenols is 1. The van der Waals surface area contributed by atoms with E-state index in [0.717, 1.165) is 0 Å². The molecule has 0 heterocycles. The van der Waals surface area contributed by atoms with Gasteiger partial charge in [-0.25, -0.2) is 0 Å². The third-order valence-electron chi connectivity index (χ3n) is 7.75. The topological polar surface area (TPSA) is 181 Å². The average molecular weight is 504 g/mol. The summed E-state index contributed by atoms with van der Waals surface area (Å²) in [7, 11) is 3.10. The number of ketones is 4. The first-order valence-electron chi connectivity index (χ1n) is 11.3. The lowest BCUT2D eigenvalue weighted by Gasteiger charge is -2.52. The molecule has 2 saturated carbocycles. The highest BCUT2D eigenvalue weighted by molar-refractivity contribution is 7.97. The number of Topliss-reactive ketones (excluding diaryl/α,β-unsaturated/α-hetero) is 4. The van der Waals surface area contributed by atoms with Crippen LogP contribution in [0.4, 0.5) is 0 Å². The van der Waals surface area contributed by atoms with Crippen LogP contribution in [0, 0.1) is 23.7 Å². The molecule has 3 aliphatic rings. The second-order valence-corrected chi connectivity index (χ2v) is 10.7. The van der Waals surface area contributed by atoms with Crippen molar-refractivity contribution in [1.29, 1.82) is 0 Å². The summed E-state index contributed by atoms with van der Waals surface area (Å²) in [5.41, 5.74) is 10.3. The Morgan fingerprint density at radius 3 is 2.40 bits per heavy atom. The first kappa shape index (κ1) is 25.5. The molecule has 3 aliphatic carbocycles. The number of rotatable bonds is 5. The third-order valence-corrected chi connectivity index (χ3v) is 8.35.